The van der Waals surface area contributed by atoms with Crippen molar-refractivity contribution >= 4 is 5.91 Å². The van der Waals surface area contributed by atoms with E-state index in [4.69, 9.17) is 0 Å². The number of nitrogens with one attached hydrogen (secondary N) is 1. The third-order valence-electron chi connectivity index (χ3n) is 3.99. The fraction of sp³-hybridized carbons (Fsp3) is 0.562. The second-order valence-electron chi connectivity index (χ2n) is 5.55. The molecule has 1 saturated heterocycles. The van der Waals surface area contributed by atoms with E-state index in [0.29, 0.717) is 5.92 Å². The third-order valence-corrected chi connectivity index (χ3v) is 3.99. The lowest BCUT2D eigenvalue weighted by Crippen LogP contribution is -2.51. The molecule has 2 unspecified atom stereocenters. The largest absolute Gasteiger partial charge is 0.344 e. The van der Waals surface area contributed by atoms with Crippen LogP contribution in [0.5, 0.6) is 0 Å². The summed E-state index contributed by atoms with van der Waals surface area (Å²) in [5.41, 5.74) is 1.28. The molecule has 1 heterocycles. The van der Waals surface area contributed by atoms with E-state index in [1.54, 1.807) is 0 Å². The van der Waals surface area contributed by atoms with Crippen molar-refractivity contribution < 1.29 is 4.79 Å². The molecule has 3 nitrogen and oxygen atoms in total. The first kappa shape index (κ1) is 14.1. The fourth-order valence-corrected chi connectivity index (χ4v) is 2.67. The predicted molar refractivity (Wildman–Crippen MR) is 78.0 cm³/mol. The Balaban J connectivity index is 1.85. The molecule has 1 aromatic rings. The van der Waals surface area contributed by atoms with Crippen molar-refractivity contribution in [2.75, 3.05) is 20.1 Å². The zero-order valence-corrected chi connectivity index (χ0v) is 11.9. The maximum absolute atomic E-state index is 12.4. The number of rotatable bonds is 4. The minimum absolute atomic E-state index is 0.00882. The highest BCUT2D eigenvalue weighted by molar-refractivity contribution is 5.82. The maximum Gasteiger partial charge on any atom is 0.239 e. The van der Waals surface area contributed by atoms with Gasteiger partial charge in [-0.25, -0.2) is 0 Å². The van der Waals surface area contributed by atoms with Crippen molar-refractivity contribution in [3.05, 3.63) is 35.9 Å². The first-order chi connectivity index (χ1) is 9.18. The second-order valence-corrected chi connectivity index (χ2v) is 5.55. The number of hydrogen-bond donors (Lipinski definition) is 1. The van der Waals surface area contributed by atoms with Crippen molar-refractivity contribution in [1.82, 2.24) is 10.2 Å². The lowest BCUT2D eigenvalue weighted by atomic mass is 9.92. The molecule has 1 N–H and O–H groups in total. The van der Waals surface area contributed by atoms with Crippen molar-refractivity contribution in [3.8, 4) is 0 Å². The number of amides is 1. The average molecular weight is 260 g/mol. The number of hydrogen-bond acceptors (Lipinski definition) is 2. The van der Waals surface area contributed by atoms with Crippen LogP contribution in [0.4, 0.5) is 0 Å². The Hall–Kier alpha value is -1.35. The highest BCUT2D eigenvalue weighted by atomic mass is 16.2. The van der Waals surface area contributed by atoms with Gasteiger partial charge in [-0.15, -0.1) is 0 Å². The van der Waals surface area contributed by atoms with E-state index in [1.807, 2.05) is 30.1 Å². The van der Waals surface area contributed by atoms with Gasteiger partial charge in [0.15, 0.2) is 0 Å². The van der Waals surface area contributed by atoms with Gasteiger partial charge < -0.3 is 10.2 Å². The van der Waals surface area contributed by atoms with Gasteiger partial charge in [0.1, 0.15) is 0 Å². The third kappa shape index (κ3) is 3.80. The normalized spacial score (nSPS) is 23.1. The van der Waals surface area contributed by atoms with Crippen LogP contribution in [0.2, 0.25) is 0 Å². The van der Waals surface area contributed by atoms with Gasteiger partial charge in [0.2, 0.25) is 5.91 Å². The van der Waals surface area contributed by atoms with Crippen LogP contribution in [0.15, 0.2) is 30.3 Å². The predicted octanol–water partition coefficient (Wildman–Crippen LogP) is 2.08. The van der Waals surface area contributed by atoms with Gasteiger partial charge in [-0.05, 0) is 37.3 Å². The molecule has 0 saturated carbocycles. The quantitative estimate of drug-likeness (QED) is 0.899. The van der Waals surface area contributed by atoms with E-state index in [2.05, 4.69) is 24.4 Å². The summed E-state index contributed by atoms with van der Waals surface area (Å²) in [5, 5.41) is 3.36. The summed E-state index contributed by atoms with van der Waals surface area (Å²) < 4.78 is 0. The molecule has 2 atom stereocenters. The number of nitrogens with zero attached hydrogens (tertiary/aromatic N) is 1. The Morgan fingerprint density at radius 3 is 2.79 bits per heavy atom. The molecule has 1 aliphatic rings. The van der Waals surface area contributed by atoms with Crippen LogP contribution < -0.4 is 5.32 Å². The summed E-state index contributed by atoms with van der Waals surface area (Å²) in [5.74, 6) is 0.684. The molecule has 1 fully saturated rings. The summed E-state index contributed by atoms with van der Waals surface area (Å²) in [4.78, 5) is 14.3. The fourth-order valence-electron chi connectivity index (χ4n) is 2.67. The first-order valence-corrected chi connectivity index (χ1v) is 7.21. The Bertz CT molecular complexity index is 404. The lowest BCUT2D eigenvalue weighted by molar-refractivity contribution is -0.133. The van der Waals surface area contributed by atoms with Gasteiger partial charge in [-0.3, -0.25) is 4.79 Å². The Morgan fingerprint density at radius 2 is 2.11 bits per heavy atom. The molecule has 0 aromatic heterocycles. The molecule has 1 aromatic carbocycles. The number of carbonyl (C=O) groups is 1. The molecular formula is C16H24N2O. The van der Waals surface area contributed by atoms with Gasteiger partial charge in [-0.2, -0.15) is 0 Å². The molecule has 0 spiro atoms. The van der Waals surface area contributed by atoms with Crippen LogP contribution in [0.3, 0.4) is 0 Å². The molecule has 0 bridgehead atoms. The van der Waals surface area contributed by atoms with Gasteiger partial charge >= 0.3 is 0 Å². The molecule has 1 aliphatic heterocycles. The monoisotopic (exact) mass is 260 g/mol. The van der Waals surface area contributed by atoms with Crippen LogP contribution in [-0.4, -0.2) is 37.0 Å². The number of piperidine rings is 1. The summed E-state index contributed by atoms with van der Waals surface area (Å²) >= 11 is 0. The minimum atomic E-state index is 0.00882. The molecule has 2 rings (SSSR count). The van der Waals surface area contributed by atoms with Crippen molar-refractivity contribution in [2.24, 2.45) is 5.92 Å². The van der Waals surface area contributed by atoms with Crippen molar-refractivity contribution in [2.45, 2.75) is 32.2 Å². The molecule has 3 heteroatoms. The molecular weight excluding hydrogens is 236 g/mol. The summed E-state index contributed by atoms with van der Waals surface area (Å²) in [6, 6.07) is 10.3. The van der Waals surface area contributed by atoms with Crippen molar-refractivity contribution in [3.63, 3.8) is 0 Å². The van der Waals surface area contributed by atoms with Crippen LogP contribution in [0.1, 0.15) is 25.3 Å². The Kier molecular flexibility index (Phi) is 4.97. The highest BCUT2D eigenvalue weighted by Crippen LogP contribution is 2.17. The van der Waals surface area contributed by atoms with Crippen molar-refractivity contribution in [1.29, 1.82) is 0 Å². The lowest BCUT2D eigenvalue weighted by Gasteiger charge is -2.32. The van der Waals surface area contributed by atoms with Gasteiger partial charge in [0, 0.05) is 13.6 Å². The van der Waals surface area contributed by atoms with Crippen LogP contribution in [-0.2, 0) is 11.2 Å². The second kappa shape index (κ2) is 6.71. The smallest absolute Gasteiger partial charge is 0.239 e. The topological polar surface area (TPSA) is 32.3 Å². The Morgan fingerprint density at radius 1 is 1.37 bits per heavy atom. The SMILES string of the molecule is CC1CCCNC1C(=O)N(C)CCc1ccccc1. The molecule has 1 amide bonds. The number of likely N-dealkylation sites (N-methyl/N-ethyl adjacent to an activating group) is 1. The number of benzene rings is 1. The molecule has 0 radical (unpaired) electrons. The van der Waals surface area contributed by atoms with Gasteiger partial charge in [0.25, 0.3) is 0 Å². The van der Waals surface area contributed by atoms with Crippen LogP contribution >= 0.6 is 0 Å². The van der Waals surface area contributed by atoms with E-state index >= 15 is 0 Å². The van der Waals surface area contributed by atoms with E-state index in [-0.39, 0.29) is 11.9 Å². The maximum atomic E-state index is 12.4. The average Bonchev–Trinajstić information content (AvgIpc) is 2.45. The standard InChI is InChI=1S/C16H24N2O/c1-13-7-6-11-17-15(13)16(19)18(2)12-10-14-8-4-3-5-9-14/h3-5,8-9,13,15,17H,6-7,10-12H2,1-2H3. The summed E-state index contributed by atoms with van der Waals surface area (Å²) in [6.45, 7) is 3.92. The zero-order chi connectivity index (χ0) is 13.7. The van der Waals surface area contributed by atoms with Crippen LogP contribution in [0.25, 0.3) is 0 Å². The molecule has 19 heavy (non-hydrogen) atoms. The molecule has 104 valence electrons. The van der Waals surface area contributed by atoms with Gasteiger partial charge in [0.05, 0.1) is 6.04 Å². The van der Waals surface area contributed by atoms with Gasteiger partial charge in [-0.1, -0.05) is 37.3 Å². The number of carbonyl (C=O) groups excluding carboxylic acids is 1. The Labute approximate surface area is 116 Å². The summed E-state index contributed by atoms with van der Waals surface area (Å²) in [7, 11) is 1.91. The van der Waals surface area contributed by atoms with E-state index in [1.165, 1.54) is 12.0 Å². The zero-order valence-electron chi connectivity index (χ0n) is 11.9. The highest BCUT2D eigenvalue weighted by Gasteiger charge is 2.29. The first-order valence-electron chi connectivity index (χ1n) is 7.21. The minimum Gasteiger partial charge on any atom is -0.344 e. The van der Waals surface area contributed by atoms with E-state index in [9.17, 15) is 4.79 Å². The summed E-state index contributed by atoms with van der Waals surface area (Å²) in [6.07, 6.45) is 3.25. The van der Waals surface area contributed by atoms with E-state index in [0.717, 1.165) is 25.9 Å². The van der Waals surface area contributed by atoms with E-state index < -0.39 is 0 Å². The van der Waals surface area contributed by atoms with Crippen LogP contribution in [0, 0.1) is 5.92 Å². The molecule has 0 aliphatic carbocycles.